The van der Waals surface area contributed by atoms with E-state index in [1.807, 2.05) is 24.3 Å². The molecule has 1 aliphatic heterocycles. The number of amides is 1. The van der Waals surface area contributed by atoms with Crippen molar-refractivity contribution in [2.45, 2.75) is 32.2 Å². The number of carbonyl (C=O) groups is 2. The lowest BCUT2D eigenvalue weighted by molar-refractivity contribution is -0.132. The molecule has 192 valence electrons. The Labute approximate surface area is 216 Å². The maximum atomic E-state index is 13.5. The molecule has 1 aliphatic rings. The number of rotatable bonds is 6. The highest BCUT2D eigenvalue weighted by molar-refractivity contribution is 6.51. The molecule has 0 saturated carbocycles. The number of ketones is 1. The fourth-order valence-corrected chi connectivity index (χ4v) is 4.49. The lowest BCUT2D eigenvalue weighted by Crippen LogP contribution is -2.29. The maximum Gasteiger partial charge on any atom is 0.300 e. The standard InChI is InChI=1S/C30H31NO6/c1-30(2,3)20-11-13-21(14-12-20)31-26(18-8-7-9-22(16-18)35-4)25(28(33)29(31)34)27(32)19-10-15-23(36-5)24(17-19)37-6/h7-17,26,32H,1-6H3/b27-25-. The molecule has 37 heavy (non-hydrogen) atoms. The van der Waals surface area contributed by atoms with Crippen LogP contribution in [0.15, 0.2) is 72.3 Å². The minimum Gasteiger partial charge on any atom is -0.507 e. The molecule has 3 aromatic rings. The minimum atomic E-state index is -0.872. The Hall–Kier alpha value is -4.26. The van der Waals surface area contributed by atoms with E-state index < -0.39 is 17.7 Å². The van der Waals surface area contributed by atoms with Crippen LogP contribution in [-0.4, -0.2) is 38.1 Å². The molecule has 4 rings (SSSR count). The lowest BCUT2D eigenvalue weighted by atomic mass is 9.87. The molecule has 0 spiro atoms. The number of hydrogen-bond donors (Lipinski definition) is 1. The van der Waals surface area contributed by atoms with Gasteiger partial charge in [0.1, 0.15) is 11.5 Å². The third-order valence-electron chi connectivity index (χ3n) is 6.52. The third-order valence-corrected chi connectivity index (χ3v) is 6.52. The van der Waals surface area contributed by atoms with E-state index in [4.69, 9.17) is 14.2 Å². The largest absolute Gasteiger partial charge is 0.507 e. The number of aliphatic hydroxyl groups excluding tert-OH is 1. The molecule has 1 saturated heterocycles. The number of aliphatic hydroxyl groups is 1. The van der Waals surface area contributed by atoms with E-state index in [-0.39, 0.29) is 16.7 Å². The lowest BCUT2D eigenvalue weighted by Gasteiger charge is -2.27. The molecule has 1 amide bonds. The number of nitrogens with zero attached hydrogens (tertiary/aromatic N) is 1. The molecule has 3 aromatic carbocycles. The predicted molar refractivity (Wildman–Crippen MR) is 142 cm³/mol. The van der Waals surface area contributed by atoms with E-state index in [0.29, 0.717) is 34.1 Å². The van der Waals surface area contributed by atoms with Gasteiger partial charge in [-0.2, -0.15) is 0 Å². The number of carbonyl (C=O) groups excluding carboxylic acids is 2. The van der Waals surface area contributed by atoms with Gasteiger partial charge in [-0.05, 0) is 59.0 Å². The monoisotopic (exact) mass is 501 g/mol. The summed E-state index contributed by atoms with van der Waals surface area (Å²) in [6.45, 7) is 6.31. The summed E-state index contributed by atoms with van der Waals surface area (Å²) in [5.74, 6) is -0.379. The van der Waals surface area contributed by atoms with E-state index >= 15 is 0 Å². The molecular weight excluding hydrogens is 470 g/mol. The second-order valence-electron chi connectivity index (χ2n) is 9.81. The summed E-state index contributed by atoms with van der Waals surface area (Å²) in [7, 11) is 4.54. The van der Waals surface area contributed by atoms with Gasteiger partial charge >= 0.3 is 0 Å². The fraction of sp³-hybridized carbons (Fsp3) is 0.267. The Morgan fingerprint density at radius 3 is 2.11 bits per heavy atom. The van der Waals surface area contributed by atoms with Crippen molar-refractivity contribution in [1.29, 1.82) is 0 Å². The van der Waals surface area contributed by atoms with Crippen LogP contribution in [0.2, 0.25) is 0 Å². The van der Waals surface area contributed by atoms with Crippen molar-refractivity contribution in [1.82, 2.24) is 0 Å². The highest BCUT2D eigenvalue weighted by Crippen LogP contribution is 2.44. The first kappa shape index (κ1) is 25.8. The summed E-state index contributed by atoms with van der Waals surface area (Å²) in [5.41, 5.74) is 2.50. The normalized spacial score (nSPS) is 17.1. The van der Waals surface area contributed by atoms with Gasteiger partial charge in [0.15, 0.2) is 11.5 Å². The number of hydrogen-bond acceptors (Lipinski definition) is 6. The molecule has 7 nitrogen and oxygen atoms in total. The van der Waals surface area contributed by atoms with E-state index in [9.17, 15) is 14.7 Å². The van der Waals surface area contributed by atoms with Crippen LogP contribution in [0.5, 0.6) is 17.2 Å². The van der Waals surface area contributed by atoms with E-state index in [1.54, 1.807) is 49.6 Å². The third kappa shape index (κ3) is 4.77. The Bertz CT molecular complexity index is 1370. The van der Waals surface area contributed by atoms with Gasteiger partial charge in [-0.15, -0.1) is 0 Å². The number of benzene rings is 3. The molecule has 1 atom stereocenters. The van der Waals surface area contributed by atoms with Crippen LogP contribution >= 0.6 is 0 Å². The summed E-state index contributed by atoms with van der Waals surface area (Å²) in [6.07, 6.45) is 0. The smallest absolute Gasteiger partial charge is 0.300 e. The van der Waals surface area contributed by atoms with Gasteiger partial charge in [0.05, 0.1) is 32.9 Å². The molecule has 7 heteroatoms. The molecular formula is C30H31NO6. The van der Waals surface area contributed by atoms with Crippen molar-refractivity contribution in [2.75, 3.05) is 26.2 Å². The number of ether oxygens (including phenoxy) is 3. The Morgan fingerprint density at radius 1 is 0.838 bits per heavy atom. The Balaban J connectivity index is 1.92. The molecule has 0 aromatic heterocycles. The van der Waals surface area contributed by atoms with Crippen molar-refractivity contribution in [2.24, 2.45) is 0 Å². The van der Waals surface area contributed by atoms with Gasteiger partial charge in [0, 0.05) is 11.3 Å². The van der Waals surface area contributed by atoms with E-state index in [0.717, 1.165) is 5.56 Å². The quantitative estimate of drug-likeness (QED) is 0.267. The number of Topliss-reactive ketones (excluding diaryl/α,β-unsaturated/α-hetero) is 1. The minimum absolute atomic E-state index is 0.0228. The highest BCUT2D eigenvalue weighted by atomic mass is 16.5. The van der Waals surface area contributed by atoms with Crippen LogP contribution in [0, 0.1) is 0 Å². The van der Waals surface area contributed by atoms with Crippen LogP contribution in [0.25, 0.3) is 5.76 Å². The summed E-state index contributed by atoms with van der Waals surface area (Å²) in [4.78, 5) is 28.3. The number of methoxy groups -OCH3 is 3. The van der Waals surface area contributed by atoms with Gasteiger partial charge in [-0.25, -0.2) is 0 Å². The highest BCUT2D eigenvalue weighted by Gasteiger charge is 2.47. The van der Waals surface area contributed by atoms with Gasteiger partial charge in [0.25, 0.3) is 11.7 Å². The molecule has 0 aliphatic carbocycles. The first-order valence-corrected chi connectivity index (χ1v) is 11.9. The van der Waals surface area contributed by atoms with Crippen molar-refractivity contribution < 1.29 is 28.9 Å². The van der Waals surface area contributed by atoms with E-state index in [1.165, 1.54) is 19.1 Å². The first-order chi connectivity index (χ1) is 17.6. The van der Waals surface area contributed by atoms with E-state index in [2.05, 4.69) is 20.8 Å². The van der Waals surface area contributed by atoms with Crippen molar-refractivity contribution in [3.63, 3.8) is 0 Å². The average Bonchev–Trinajstić information content (AvgIpc) is 3.17. The van der Waals surface area contributed by atoms with Crippen molar-refractivity contribution in [3.05, 3.63) is 89.0 Å². The fourth-order valence-electron chi connectivity index (χ4n) is 4.49. The van der Waals surface area contributed by atoms with Crippen LogP contribution in [0.3, 0.4) is 0 Å². The summed E-state index contributed by atoms with van der Waals surface area (Å²) in [5, 5.41) is 11.4. The van der Waals surface area contributed by atoms with Gasteiger partial charge in [-0.1, -0.05) is 45.0 Å². The zero-order valence-corrected chi connectivity index (χ0v) is 21.9. The van der Waals surface area contributed by atoms with Crippen LogP contribution < -0.4 is 19.1 Å². The first-order valence-electron chi connectivity index (χ1n) is 11.9. The second-order valence-corrected chi connectivity index (χ2v) is 9.81. The zero-order valence-electron chi connectivity index (χ0n) is 21.9. The van der Waals surface area contributed by atoms with Gasteiger partial charge < -0.3 is 19.3 Å². The summed E-state index contributed by atoms with van der Waals surface area (Å²) < 4.78 is 16.1. The SMILES string of the molecule is COc1cccc(C2/C(=C(/O)c3ccc(OC)c(OC)c3)C(=O)C(=O)N2c2ccc(C(C)(C)C)cc2)c1. The molecule has 0 bridgehead atoms. The number of anilines is 1. The maximum absolute atomic E-state index is 13.5. The summed E-state index contributed by atoms with van der Waals surface area (Å²) in [6, 6.07) is 18.6. The van der Waals surface area contributed by atoms with Crippen LogP contribution in [-0.2, 0) is 15.0 Å². The molecule has 0 radical (unpaired) electrons. The molecule has 1 N–H and O–H groups in total. The Morgan fingerprint density at radius 2 is 1.51 bits per heavy atom. The predicted octanol–water partition coefficient (Wildman–Crippen LogP) is 5.64. The molecule has 1 fully saturated rings. The molecule has 1 heterocycles. The summed E-state index contributed by atoms with van der Waals surface area (Å²) >= 11 is 0. The average molecular weight is 502 g/mol. The topological polar surface area (TPSA) is 85.3 Å². The Kier molecular flexibility index (Phi) is 6.99. The zero-order chi connectivity index (χ0) is 26.9. The second kappa shape index (κ2) is 10.0. The van der Waals surface area contributed by atoms with Crippen LogP contribution in [0.1, 0.15) is 43.5 Å². The van der Waals surface area contributed by atoms with Crippen molar-refractivity contribution in [3.8, 4) is 17.2 Å². The van der Waals surface area contributed by atoms with Crippen molar-refractivity contribution >= 4 is 23.1 Å². The van der Waals surface area contributed by atoms with Gasteiger partial charge in [-0.3, -0.25) is 14.5 Å². The molecule has 1 unspecified atom stereocenters. The van der Waals surface area contributed by atoms with Gasteiger partial charge in [0.2, 0.25) is 0 Å². The van der Waals surface area contributed by atoms with Crippen LogP contribution in [0.4, 0.5) is 5.69 Å².